The third kappa shape index (κ3) is 4.48. The maximum atomic E-state index is 13.8. The van der Waals surface area contributed by atoms with Gasteiger partial charge < -0.3 is 10.2 Å². The first-order valence-electron chi connectivity index (χ1n) is 7.75. The topological polar surface area (TPSA) is 32.3 Å². The van der Waals surface area contributed by atoms with Gasteiger partial charge in [0.25, 0.3) is 0 Å². The molecule has 0 spiro atoms. The molecule has 7 heteroatoms. The fourth-order valence-electron chi connectivity index (χ4n) is 2.97. The van der Waals surface area contributed by atoms with Gasteiger partial charge in [-0.3, -0.25) is 4.79 Å². The number of nitrogens with zero attached hydrogens (tertiary/aromatic N) is 1. The van der Waals surface area contributed by atoms with E-state index in [1.54, 1.807) is 11.0 Å². The molecule has 0 aromatic heterocycles. The predicted octanol–water partition coefficient (Wildman–Crippen LogP) is 3.76. The van der Waals surface area contributed by atoms with Gasteiger partial charge in [-0.25, -0.2) is 8.78 Å². The number of benzene rings is 2. The van der Waals surface area contributed by atoms with Gasteiger partial charge >= 0.3 is 0 Å². The molecular formula is C18H18Cl2F2N2O. The average Bonchev–Trinajstić information content (AvgIpc) is 2.58. The minimum Gasteiger partial charge on any atom is -0.333 e. The SMILES string of the molecule is Cl.O=C(Cc1cc(F)ccc1F)N1CCNCC1c1ccccc1Cl. The Morgan fingerprint density at radius 3 is 2.76 bits per heavy atom. The molecule has 3 nitrogen and oxygen atoms in total. The molecule has 1 atom stereocenters. The molecule has 1 unspecified atom stereocenters. The molecule has 1 aliphatic rings. The monoisotopic (exact) mass is 386 g/mol. The van der Waals surface area contributed by atoms with Gasteiger partial charge in [-0.15, -0.1) is 12.4 Å². The fraction of sp³-hybridized carbons (Fsp3) is 0.278. The highest BCUT2D eigenvalue weighted by atomic mass is 35.5. The molecule has 3 rings (SSSR count). The number of hydrogen-bond acceptors (Lipinski definition) is 2. The minimum absolute atomic E-state index is 0. The number of hydrogen-bond donors (Lipinski definition) is 1. The van der Waals surface area contributed by atoms with Gasteiger partial charge in [-0.05, 0) is 29.8 Å². The Balaban J connectivity index is 0.00000225. The smallest absolute Gasteiger partial charge is 0.227 e. The van der Waals surface area contributed by atoms with Crippen molar-refractivity contribution in [2.75, 3.05) is 19.6 Å². The van der Waals surface area contributed by atoms with Gasteiger partial charge in [-0.2, -0.15) is 0 Å². The first-order valence-corrected chi connectivity index (χ1v) is 8.12. The van der Waals surface area contributed by atoms with Crippen molar-refractivity contribution in [2.45, 2.75) is 12.5 Å². The van der Waals surface area contributed by atoms with Crippen LogP contribution in [-0.2, 0) is 11.2 Å². The molecule has 25 heavy (non-hydrogen) atoms. The van der Waals surface area contributed by atoms with E-state index in [9.17, 15) is 13.6 Å². The van der Waals surface area contributed by atoms with Crippen molar-refractivity contribution >= 4 is 29.9 Å². The lowest BCUT2D eigenvalue weighted by atomic mass is 10.0. The Labute approximate surface area is 156 Å². The van der Waals surface area contributed by atoms with Crippen LogP contribution in [0.4, 0.5) is 8.78 Å². The quantitative estimate of drug-likeness (QED) is 0.870. The van der Waals surface area contributed by atoms with E-state index in [2.05, 4.69) is 5.32 Å². The Morgan fingerprint density at radius 2 is 2.00 bits per heavy atom. The fourth-order valence-corrected chi connectivity index (χ4v) is 3.23. The summed E-state index contributed by atoms with van der Waals surface area (Å²) in [5, 5.41) is 3.83. The predicted molar refractivity (Wildman–Crippen MR) is 96.1 cm³/mol. The highest BCUT2D eigenvalue weighted by Crippen LogP contribution is 2.29. The highest BCUT2D eigenvalue weighted by Gasteiger charge is 2.29. The second-order valence-electron chi connectivity index (χ2n) is 5.74. The normalized spacial score (nSPS) is 17.1. The Bertz CT molecular complexity index is 758. The van der Waals surface area contributed by atoms with Gasteiger partial charge in [0.05, 0.1) is 12.5 Å². The van der Waals surface area contributed by atoms with Crippen LogP contribution in [0.3, 0.4) is 0 Å². The van der Waals surface area contributed by atoms with Crippen LogP contribution in [0.1, 0.15) is 17.2 Å². The molecule has 1 heterocycles. The standard InChI is InChI=1S/C18H17ClF2N2O.ClH/c19-15-4-2-1-3-14(15)17-11-22-7-8-23(17)18(24)10-12-9-13(20)5-6-16(12)21;/h1-6,9,17,22H,7-8,10-11H2;1H. The maximum Gasteiger partial charge on any atom is 0.227 e. The first kappa shape index (κ1) is 19.6. The van der Waals surface area contributed by atoms with Gasteiger partial charge in [-0.1, -0.05) is 29.8 Å². The van der Waals surface area contributed by atoms with Crippen molar-refractivity contribution in [2.24, 2.45) is 0 Å². The summed E-state index contributed by atoms with van der Waals surface area (Å²) in [7, 11) is 0. The Hall–Kier alpha value is -1.69. The lowest BCUT2D eigenvalue weighted by molar-refractivity contribution is -0.133. The van der Waals surface area contributed by atoms with E-state index in [1.165, 1.54) is 0 Å². The summed E-state index contributed by atoms with van der Waals surface area (Å²) in [5.74, 6) is -1.37. The number of carbonyl (C=O) groups excluding carboxylic acids is 1. The van der Waals surface area contributed by atoms with E-state index >= 15 is 0 Å². The van der Waals surface area contributed by atoms with Crippen molar-refractivity contribution in [1.82, 2.24) is 10.2 Å². The zero-order chi connectivity index (χ0) is 17.1. The molecule has 2 aromatic carbocycles. The van der Waals surface area contributed by atoms with Gasteiger partial charge in [0.1, 0.15) is 11.6 Å². The van der Waals surface area contributed by atoms with E-state index < -0.39 is 11.6 Å². The Morgan fingerprint density at radius 1 is 1.24 bits per heavy atom. The summed E-state index contributed by atoms with van der Waals surface area (Å²) in [6, 6.07) is 10.3. The van der Waals surface area contributed by atoms with E-state index in [4.69, 9.17) is 11.6 Å². The lowest BCUT2D eigenvalue weighted by Gasteiger charge is -2.37. The van der Waals surface area contributed by atoms with Crippen LogP contribution in [-0.4, -0.2) is 30.4 Å². The number of nitrogens with one attached hydrogen (secondary N) is 1. The highest BCUT2D eigenvalue weighted by molar-refractivity contribution is 6.31. The molecule has 134 valence electrons. The molecule has 1 amide bonds. The third-order valence-corrected chi connectivity index (χ3v) is 4.52. The lowest BCUT2D eigenvalue weighted by Crippen LogP contribution is -2.49. The zero-order valence-corrected chi connectivity index (χ0v) is 14.9. The van der Waals surface area contributed by atoms with Crippen molar-refractivity contribution in [3.05, 3.63) is 70.2 Å². The van der Waals surface area contributed by atoms with Crippen LogP contribution in [0.15, 0.2) is 42.5 Å². The summed E-state index contributed by atoms with van der Waals surface area (Å²) >= 11 is 6.26. The first-order chi connectivity index (χ1) is 11.6. The molecule has 1 aliphatic heterocycles. The molecule has 0 radical (unpaired) electrons. The molecule has 1 fully saturated rings. The minimum atomic E-state index is -0.575. The van der Waals surface area contributed by atoms with Crippen molar-refractivity contribution in [1.29, 1.82) is 0 Å². The van der Waals surface area contributed by atoms with Crippen LogP contribution in [0, 0.1) is 11.6 Å². The van der Waals surface area contributed by atoms with Crippen molar-refractivity contribution in [3.63, 3.8) is 0 Å². The molecule has 1 N–H and O–H groups in total. The van der Waals surface area contributed by atoms with E-state index in [0.29, 0.717) is 24.7 Å². The van der Waals surface area contributed by atoms with Crippen LogP contribution < -0.4 is 5.32 Å². The van der Waals surface area contributed by atoms with Crippen LogP contribution >= 0.6 is 24.0 Å². The number of rotatable bonds is 3. The molecular weight excluding hydrogens is 369 g/mol. The van der Waals surface area contributed by atoms with Crippen LogP contribution in [0.5, 0.6) is 0 Å². The largest absolute Gasteiger partial charge is 0.333 e. The summed E-state index contributed by atoms with van der Waals surface area (Å²) in [6.45, 7) is 1.71. The van der Waals surface area contributed by atoms with E-state index in [1.807, 2.05) is 18.2 Å². The summed E-state index contributed by atoms with van der Waals surface area (Å²) < 4.78 is 27.1. The molecule has 0 saturated carbocycles. The van der Waals surface area contributed by atoms with Crippen LogP contribution in [0.2, 0.25) is 5.02 Å². The molecule has 0 bridgehead atoms. The van der Waals surface area contributed by atoms with E-state index in [-0.39, 0.29) is 36.3 Å². The van der Waals surface area contributed by atoms with Gasteiger partial charge in [0, 0.05) is 30.2 Å². The summed E-state index contributed by atoms with van der Waals surface area (Å²) in [6.07, 6.45) is -0.176. The van der Waals surface area contributed by atoms with Gasteiger partial charge in [0.15, 0.2) is 0 Å². The second-order valence-corrected chi connectivity index (χ2v) is 6.15. The zero-order valence-electron chi connectivity index (χ0n) is 13.3. The molecule has 1 saturated heterocycles. The number of halogens is 4. The Kier molecular flexibility index (Phi) is 6.76. The average molecular weight is 387 g/mol. The van der Waals surface area contributed by atoms with E-state index in [0.717, 1.165) is 23.8 Å². The summed E-state index contributed by atoms with van der Waals surface area (Å²) in [5.41, 5.74) is 0.913. The second kappa shape index (κ2) is 8.61. The maximum absolute atomic E-state index is 13.8. The number of amides is 1. The van der Waals surface area contributed by atoms with Crippen LogP contribution in [0.25, 0.3) is 0 Å². The summed E-state index contributed by atoms with van der Waals surface area (Å²) in [4.78, 5) is 14.4. The van der Waals surface area contributed by atoms with Gasteiger partial charge in [0.2, 0.25) is 5.91 Å². The molecule has 0 aliphatic carbocycles. The third-order valence-electron chi connectivity index (χ3n) is 4.18. The van der Waals surface area contributed by atoms with Crippen molar-refractivity contribution in [3.8, 4) is 0 Å². The number of carbonyl (C=O) groups is 1. The molecule has 2 aromatic rings. The number of piperazine rings is 1. The van der Waals surface area contributed by atoms with Crippen molar-refractivity contribution < 1.29 is 13.6 Å².